The van der Waals surface area contributed by atoms with Crippen LogP contribution in [-0.2, 0) is 0 Å². The van der Waals surface area contributed by atoms with Gasteiger partial charge in [0.1, 0.15) is 0 Å². The van der Waals surface area contributed by atoms with Crippen molar-refractivity contribution in [2.45, 2.75) is 24.5 Å². The lowest BCUT2D eigenvalue weighted by Gasteiger charge is -2.43. The highest BCUT2D eigenvalue weighted by molar-refractivity contribution is 4.92. The fraction of sp³-hybridized carbons (Fsp3) is 1.00. The van der Waals surface area contributed by atoms with Crippen molar-refractivity contribution in [3.63, 3.8) is 0 Å². The molecule has 2 aliphatic rings. The predicted molar refractivity (Wildman–Crippen MR) is 62.4 cm³/mol. The van der Waals surface area contributed by atoms with Gasteiger partial charge in [-0.2, -0.15) is 0 Å². The van der Waals surface area contributed by atoms with Crippen LogP contribution in [0.1, 0.15) is 12.8 Å². The van der Waals surface area contributed by atoms with Gasteiger partial charge in [0.05, 0.1) is 12.2 Å². The third-order valence-electron chi connectivity index (χ3n) is 3.70. The zero-order valence-corrected chi connectivity index (χ0v) is 9.78. The molecule has 0 aromatic carbocycles. The van der Waals surface area contributed by atoms with Gasteiger partial charge < -0.3 is 20.8 Å². The molecule has 94 valence electrons. The zero-order valence-electron chi connectivity index (χ0n) is 9.78. The minimum atomic E-state index is -0.560. The summed E-state index contributed by atoms with van der Waals surface area (Å²) in [6, 6.07) is 0.492. The van der Waals surface area contributed by atoms with E-state index >= 15 is 0 Å². The van der Waals surface area contributed by atoms with E-state index < -0.39 is 5.60 Å². The maximum atomic E-state index is 10.5. The summed E-state index contributed by atoms with van der Waals surface area (Å²) < 4.78 is 0. The average molecular weight is 229 g/mol. The molecule has 2 saturated heterocycles. The fourth-order valence-corrected chi connectivity index (χ4v) is 2.48. The second kappa shape index (κ2) is 5.42. The SMILES string of the molecule is OCCN(CC1(O)CCNCC1)C1CNC1. The van der Waals surface area contributed by atoms with Gasteiger partial charge in [-0.05, 0) is 25.9 Å². The van der Waals surface area contributed by atoms with Crippen molar-refractivity contribution < 1.29 is 10.2 Å². The van der Waals surface area contributed by atoms with Crippen LogP contribution in [0.2, 0.25) is 0 Å². The monoisotopic (exact) mass is 229 g/mol. The number of aliphatic hydroxyl groups is 2. The lowest BCUT2D eigenvalue weighted by atomic mass is 9.91. The first kappa shape index (κ1) is 12.3. The van der Waals surface area contributed by atoms with E-state index in [-0.39, 0.29) is 6.61 Å². The first-order chi connectivity index (χ1) is 7.73. The van der Waals surface area contributed by atoms with E-state index in [1.54, 1.807) is 0 Å². The molecule has 2 rings (SSSR count). The summed E-state index contributed by atoms with van der Waals surface area (Å²) >= 11 is 0. The first-order valence-electron chi connectivity index (χ1n) is 6.22. The standard InChI is InChI=1S/C11H23N3O2/c15-6-5-14(10-7-13-8-10)9-11(16)1-3-12-4-2-11/h10,12-13,15-16H,1-9H2. The number of rotatable bonds is 5. The Morgan fingerprint density at radius 1 is 1.19 bits per heavy atom. The topological polar surface area (TPSA) is 67.8 Å². The molecule has 2 aliphatic heterocycles. The number of aliphatic hydroxyl groups excluding tert-OH is 1. The van der Waals surface area contributed by atoms with Crippen LogP contribution in [0.5, 0.6) is 0 Å². The molecule has 0 aromatic rings. The molecular weight excluding hydrogens is 206 g/mol. The van der Waals surface area contributed by atoms with Crippen molar-refractivity contribution >= 4 is 0 Å². The van der Waals surface area contributed by atoms with Crippen molar-refractivity contribution in [3.05, 3.63) is 0 Å². The lowest BCUT2D eigenvalue weighted by molar-refractivity contribution is -0.0399. The summed E-state index contributed by atoms with van der Waals surface area (Å²) in [5.41, 5.74) is -0.560. The Balaban J connectivity index is 1.87. The Hall–Kier alpha value is -0.200. The van der Waals surface area contributed by atoms with Crippen LogP contribution in [-0.4, -0.2) is 72.6 Å². The van der Waals surface area contributed by atoms with Crippen LogP contribution in [0, 0.1) is 0 Å². The van der Waals surface area contributed by atoms with Gasteiger partial charge in [0.15, 0.2) is 0 Å². The summed E-state index contributed by atoms with van der Waals surface area (Å²) in [7, 11) is 0. The highest BCUT2D eigenvalue weighted by atomic mass is 16.3. The van der Waals surface area contributed by atoms with E-state index in [1.807, 2.05) is 0 Å². The maximum Gasteiger partial charge on any atom is 0.0798 e. The molecule has 0 bridgehead atoms. The highest BCUT2D eigenvalue weighted by Crippen LogP contribution is 2.21. The van der Waals surface area contributed by atoms with Gasteiger partial charge >= 0.3 is 0 Å². The van der Waals surface area contributed by atoms with E-state index in [1.165, 1.54) is 0 Å². The molecule has 2 heterocycles. The Kier molecular flexibility index (Phi) is 4.16. The minimum Gasteiger partial charge on any atom is -0.395 e. The number of piperidine rings is 1. The van der Waals surface area contributed by atoms with Crippen molar-refractivity contribution in [2.75, 3.05) is 45.9 Å². The van der Waals surface area contributed by atoms with E-state index in [9.17, 15) is 5.11 Å². The first-order valence-corrected chi connectivity index (χ1v) is 6.22. The smallest absolute Gasteiger partial charge is 0.0798 e. The third-order valence-corrected chi connectivity index (χ3v) is 3.70. The van der Waals surface area contributed by atoms with Crippen molar-refractivity contribution in [1.29, 1.82) is 0 Å². The number of hydrogen-bond acceptors (Lipinski definition) is 5. The predicted octanol–water partition coefficient (Wildman–Crippen LogP) is -1.63. The van der Waals surface area contributed by atoms with Gasteiger partial charge in [-0.15, -0.1) is 0 Å². The van der Waals surface area contributed by atoms with Gasteiger partial charge in [0, 0.05) is 32.2 Å². The van der Waals surface area contributed by atoms with E-state index in [0.717, 1.165) is 39.0 Å². The Bertz CT molecular complexity index is 215. The van der Waals surface area contributed by atoms with Crippen LogP contribution < -0.4 is 10.6 Å². The Labute approximate surface area is 96.8 Å². The van der Waals surface area contributed by atoms with Crippen LogP contribution in [0.15, 0.2) is 0 Å². The lowest BCUT2D eigenvalue weighted by Crippen LogP contribution is -2.61. The quantitative estimate of drug-likeness (QED) is 0.456. The minimum absolute atomic E-state index is 0.171. The summed E-state index contributed by atoms with van der Waals surface area (Å²) in [5.74, 6) is 0. The molecular formula is C11H23N3O2. The Morgan fingerprint density at radius 2 is 1.88 bits per heavy atom. The summed E-state index contributed by atoms with van der Waals surface area (Å²) in [5, 5.41) is 26.0. The van der Waals surface area contributed by atoms with Crippen molar-refractivity contribution in [3.8, 4) is 0 Å². The molecule has 5 nitrogen and oxygen atoms in total. The molecule has 0 amide bonds. The van der Waals surface area contributed by atoms with Crippen LogP contribution in [0.25, 0.3) is 0 Å². The molecule has 16 heavy (non-hydrogen) atoms. The van der Waals surface area contributed by atoms with E-state index in [0.29, 0.717) is 19.1 Å². The molecule has 0 spiro atoms. The van der Waals surface area contributed by atoms with Crippen LogP contribution >= 0.6 is 0 Å². The fourth-order valence-electron chi connectivity index (χ4n) is 2.48. The van der Waals surface area contributed by atoms with Crippen molar-refractivity contribution in [2.24, 2.45) is 0 Å². The summed E-state index contributed by atoms with van der Waals surface area (Å²) in [6.45, 7) is 5.29. The Morgan fingerprint density at radius 3 is 2.38 bits per heavy atom. The number of nitrogens with zero attached hydrogens (tertiary/aromatic N) is 1. The van der Waals surface area contributed by atoms with Gasteiger partial charge in [0.2, 0.25) is 0 Å². The van der Waals surface area contributed by atoms with Gasteiger partial charge in [-0.25, -0.2) is 0 Å². The van der Waals surface area contributed by atoms with Gasteiger partial charge in [0.25, 0.3) is 0 Å². The molecule has 5 heteroatoms. The molecule has 0 aromatic heterocycles. The van der Waals surface area contributed by atoms with Crippen LogP contribution in [0.3, 0.4) is 0 Å². The van der Waals surface area contributed by atoms with E-state index in [4.69, 9.17) is 5.11 Å². The second-order valence-corrected chi connectivity index (χ2v) is 4.98. The molecule has 0 unspecified atom stereocenters. The molecule has 0 aliphatic carbocycles. The molecule has 4 N–H and O–H groups in total. The summed E-state index contributed by atoms with van der Waals surface area (Å²) in [4.78, 5) is 2.22. The zero-order chi connectivity index (χ0) is 11.4. The van der Waals surface area contributed by atoms with Crippen LogP contribution in [0.4, 0.5) is 0 Å². The number of hydrogen-bond donors (Lipinski definition) is 4. The second-order valence-electron chi connectivity index (χ2n) is 4.98. The molecule has 0 atom stereocenters. The molecule has 0 saturated carbocycles. The summed E-state index contributed by atoms with van der Waals surface area (Å²) in [6.07, 6.45) is 1.63. The maximum absolute atomic E-state index is 10.5. The van der Waals surface area contributed by atoms with E-state index in [2.05, 4.69) is 15.5 Å². The van der Waals surface area contributed by atoms with Gasteiger partial charge in [-0.1, -0.05) is 0 Å². The third kappa shape index (κ3) is 2.93. The normalized spacial score (nSPS) is 25.7. The largest absolute Gasteiger partial charge is 0.395 e. The molecule has 2 fully saturated rings. The number of nitrogens with one attached hydrogen (secondary N) is 2. The highest BCUT2D eigenvalue weighted by Gasteiger charge is 2.34. The molecule has 0 radical (unpaired) electrons. The van der Waals surface area contributed by atoms with Crippen molar-refractivity contribution in [1.82, 2.24) is 15.5 Å². The van der Waals surface area contributed by atoms with Gasteiger partial charge in [-0.3, -0.25) is 4.90 Å². The average Bonchev–Trinajstić information content (AvgIpc) is 2.15.